The number of hydrogen-bond donors (Lipinski definition) is 0. The van der Waals surface area contributed by atoms with Crippen molar-refractivity contribution in [2.75, 3.05) is 7.11 Å². The number of aromatic nitrogens is 1. The summed E-state index contributed by atoms with van der Waals surface area (Å²) in [7, 11) is 1.45. The maximum absolute atomic E-state index is 13.9. The highest BCUT2D eigenvalue weighted by molar-refractivity contribution is 5.91. The van der Waals surface area contributed by atoms with Gasteiger partial charge in [-0.3, -0.25) is 9.59 Å². The SMILES string of the molecule is COc1c(C)c(F)cc2c(=O)c(C=O)cn(C3CC3)c12. The molecular formula is C15H14FNO3. The smallest absolute Gasteiger partial charge is 0.200 e. The monoisotopic (exact) mass is 275 g/mol. The summed E-state index contributed by atoms with van der Waals surface area (Å²) in [6.07, 6.45) is 4.03. The molecule has 2 aromatic rings. The van der Waals surface area contributed by atoms with Crippen LogP contribution in [0.1, 0.15) is 34.8 Å². The van der Waals surface area contributed by atoms with Crippen molar-refractivity contribution >= 4 is 17.2 Å². The molecule has 0 aliphatic heterocycles. The third-order valence-corrected chi connectivity index (χ3v) is 3.75. The number of rotatable bonds is 3. The average Bonchev–Trinajstić information content (AvgIpc) is 3.26. The quantitative estimate of drug-likeness (QED) is 0.809. The molecule has 1 aliphatic carbocycles. The molecule has 20 heavy (non-hydrogen) atoms. The minimum atomic E-state index is -0.503. The molecule has 5 heteroatoms. The summed E-state index contributed by atoms with van der Waals surface area (Å²) in [5, 5.41) is 0.196. The Morgan fingerprint density at radius 2 is 2.15 bits per heavy atom. The molecule has 0 saturated heterocycles. The molecule has 3 rings (SSSR count). The molecule has 0 N–H and O–H groups in total. The van der Waals surface area contributed by atoms with E-state index in [4.69, 9.17) is 4.74 Å². The van der Waals surface area contributed by atoms with Gasteiger partial charge in [0.15, 0.2) is 11.7 Å². The zero-order valence-corrected chi connectivity index (χ0v) is 11.3. The summed E-state index contributed by atoms with van der Waals surface area (Å²) in [6, 6.07) is 1.44. The first-order valence-electron chi connectivity index (χ1n) is 6.45. The van der Waals surface area contributed by atoms with Crippen LogP contribution in [0.3, 0.4) is 0 Å². The molecule has 1 aliphatic rings. The van der Waals surface area contributed by atoms with Crippen molar-refractivity contribution in [3.63, 3.8) is 0 Å². The van der Waals surface area contributed by atoms with Crippen LogP contribution in [0.4, 0.5) is 4.39 Å². The van der Waals surface area contributed by atoms with Crippen LogP contribution in [0.15, 0.2) is 17.1 Å². The highest BCUT2D eigenvalue weighted by atomic mass is 19.1. The van der Waals surface area contributed by atoms with Gasteiger partial charge in [-0.05, 0) is 25.8 Å². The van der Waals surface area contributed by atoms with E-state index in [0.29, 0.717) is 23.1 Å². The van der Waals surface area contributed by atoms with E-state index in [1.807, 2.05) is 4.57 Å². The predicted molar refractivity (Wildman–Crippen MR) is 73.1 cm³/mol. The Morgan fingerprint density at radius 3 is 2.70 bits per heavy atom. The Kier molecular flexibility index (Phi) is 2.85. The van der Waals surface area contributed by atoms with Gasteiger partial charge < -0.3 is 9.30 Å². The molecule has 0 radical (unpaired) electrons. The van der Waals surface area contributed by atoms with Crippen molar-refractivity contribution in [2.24, 2.45) is 0 Å². The topological polar surface area (TPSA) is 48.3 Å². The summed E-state index contributed by atoms with van der Waals surface area (Å²) < 4.78 is 21.1. The van der Waals surface area contributed by atoms with Gasteiger partial charge in [0.1, 0.15) is 11.6 Å². The summed E-state index contributed by atoms with van der Waals surface area (Å²) >= 11 is 0. The summed E-state index contributed by atoms with van der Waals surface area (Å²) in [5.74, 6) is -0.140. The lowest BCUT2D eigenvalue weighted by Gasteiger charge is -2.16. The predicted octanol–water partition coefficient (Wildman–Crippen LogP) is 2.61. The number of hydrogen-bond acceptors (Lipinski definition) is 3. The van der Waals surface area contributed by atoms with E-state index < -0.39 is 11.2 Å². The number of halogens is 1. The maximum Gasteiger partial charge on any atom is 0.200 e. The fraction of sp³-hybridized carbons (Fsp3) is 0.333. The molecule has 1 fully saturated rings. The first kappa shape index (κ1) is 12.8. The minimum absolute atomic E-state index is 0.0507. The van der Waals surface area contributed by atoms with E-state index in [-0.39, 0.29) is 17.0 Å². The lowest BCUT2D eigenvalue weighted by Crippen LogP contribution is -2.15. The Bertz CT molecular complexity index is 775. The number of aldehydes is 1. The molecule has 0 amide bonds. The van der Waals surface area contributed by atoms with Crippen molar-refractivity contribution in [3.8, 4) is 5.75 Å². The van der Waals surface area contributed by atoms with Gasteiger partial charge in [-0.25, -0.2) is 4.39 Å². The lowest BCUT2D eigenvalue weighted by atomic mass is 10.1. The van der Waals surface area contributed by atoms with Crippen molar-refractivity contribution in [1.29, 1.82) is 0 Å². The highest BCUT2D eigenvalue weighted by Crippen LogP contribution is 2.40. The van der Waals surface area contributed by atoms with Gasteiger partial charge in [-0.2, -0.15) is 0 Å². The average molecular weight is 275 g/mol. The molecule has 1 saturated carbocycles. The molecule has 104 valence electrons. The van der Waals surface area contributed by atoms with Crippen molar-refractivity contribution < 1.29 is 13.9 Å². The van der Waals surface area contributed by atoms with E-state index in [1.54, 1.807) is 13.1 Å². The van der Waals surface area contributed by atoms with Crippen molar-refractivity contribution in [1.82, 2.24) is 4.57 Å². The maximum atomic E-state index is 13.9. The Hall–Kier alpha value is -2.17. The Balaban J connectivity index is 2.53. The van der Waals surface area contributed by atoms with Crippen LogP contribution < -0.4 is 10.2 Å². The highest BCUT2D eigenvalue weighted by Gasteiger charge is 2.28. The van der Waals surface area contributed by atoms with Crippen LogP contribution in [0.2, 0.25) is 0 Å². The third kappa shape index (κ3) is 1.73. The van der Waals surface area contributed by atoms with Gasteiger partial charge in [-0.15, -0.1) is 0 Å². The molecule has 1 aromatic carbocycles. The van der Waals surface area contributed by atoms with Gasteiger partial charge in [0, 0.05) is 17.8 Å². The third-order valence-electron chi connectivity index (χ3n) is 3.75. The number of carbonyl (C=O) groups excluding carboxylic acids is 1. The summed E-state index contributed by atoms with van der Waals surface area (Å²) in [4.78, 5) is 23.3. The molecule has 4 nitrogen and oxygen atoms in total. The van der Waals surface area contributed by atoms with Crippen molar-refractivity contribution in [3.05, 3.63) is 39.4 Å². The zero-order valence-electron chi connectivity index (χ0n) is 11.3. The molecule has 0 atom stereocenters. The van der Waals surface area contributed by atoms with Crippen LogP contribution in [-0.4, -0.2) is 18.0 Å². The number of ether oxygens (including phenoxy) is 1. The second-order valence-corrected chi connectivity index (χ2v) is 5.08. The number of pyridine rings is 1. The normalized spacial score (nSPS) is 14.6. The van der Waals surface area contributed by atoms with E-state index in [2.05, 4.69) is 0 Å². The molecule has 0 bridgehead atoms. The standard InChI is InChI=1S/C15H14FNO3/c1-8-12(16)5-11-13(15(8)20-2)17(10-3-4-10)6-9(7-18)14(11)19/h5-7,10H,3-4H2,1-2H3. The fourth-order valence-electron chi connectivity index (χ4n) is 2.54. The number of carbonyl (C=O) groups is 1. The number of nitrogens with zero attached hydrogens (tertiary/aromatic N) is 1. The second-order valence-electron chi connectivity index (χ2n) is 5.08. The lowest BCUT2D eigenvalue weighted by molar-refractivity contribution is 0.112. The number of benzene rings is 1. The first-order chi connectivity index (χ1) is 9.58. The summed E-state index contributed by atoms with van der Waals surface area (Å²) in [5.41, 5.74) is 0.538. The van der Waals surface area contributed by atoms with Crippen molar-refractivity contribution in [2.45, 2.75) is 25.8 Å². The van der Waals surface area contributed by atoms with E-state index >= 15 is 0 Å². The minimum Gasteiger partial charge on any atom is -0.494 e. The summed E-state index contributed by atoms with van der Waals surface area (Å²) in [6.45, 7) is 1.61. The van der Waals surface area contributed by atoms with Crippen LogP contribution in [0.25, 0.3) is 10.9 Å². The molecule has 0 spiro atoms. The number of fused-ring (bicyclic) bond motifs is 1. The zero-order chi connectivity index (χ0) is 14.4. The first-order valence-corrected chi connectivity index (χ1v) is 6.45. The molecular weight excluding hydrogens is 261 g/mol. The van der Waals surface area contributed by atoms with Gasteiger partial charge >= 0.3 is 0 Å². The van der Waals surface area contributed by atoms with Crippen LogP contribution in [0.5, 0.6) is 5.75 Å². The van der Waals surface area contributed by atoms with E-state index in [9.17, 15) is 14.0 Å². The number of methoxy groups -OCH3 is 1. The molecule has 1 heterocycles. The van der Waals surface area contributed by atoms with Gasteiger partial charge in [0.25, 0.3) is 0 Å². The largest absolute Gasteiger partial charge is 0.494 e. The van der Waals surface area contributed by atoms with Gasteiger partial charge in [-0.1, -0.05) is 0 Å². The van der Waals surface area contributed by atoms with Crippen LogP contribution >= 0.6 is 0 Å². The van der Waals surface area contributed by atoms with E-state index in [0.717, 1.165) is 12.8 Å². The molecule has 0 unspecified atom stereocenters. The van der Waals surface area contributed by atoms with Crippen LogP contribution in [0, 0.1) is 12.7 Å². The van der Waals surface area contributed by atoms with E-state index in [1.165, 1.54) is 13.2 Å². The van der Waals surface area contributed by atoms with Crippen LogP contribution in [-0.2, 0) is 0 Å². The van der Waals surface area contributed by atoms with Gasteiger partial charge in [0.2, 0.25) is 0 Å². The Morgan fingerprint density at radius 1 is 1.45 bits per heavy atom. The molecule has 1 aromatic heterocycles. The Labute approximate surface area is 114 Å². The fourth-order valence-corrected chi connectivity index (χ4v) is 2.54. The van der Waals surface area contributed by atoms with Gasteiger partial charge in [0.05, 0.1) is 23.6 Å². The second kappa shape index (κ2) is 4.44.